The quantitative estimate of drug-likeness (QED) is 0.876. The van der Waals surface area contributed by atoms with E-state index < -0.39 is 0 Å². The minimum atomic E-state index is 0.201. The molecule has 1 aromatic heterocycles. The van der Waals surface area contributed by atoms with E-state index >= 15 is 0 Å². The third-order valence-electron chi connectivity index (χ3n) is 3.71. The molecule has 1 heterocycles. The molecule has 1 unspecified atom stereocenters. The number of fused-ring (bicyclic) bond motifs is 1. The molecule has 0 aliphatic carbocycles. The number of rotatable bonds is 6. The highest BCUT2D eigenvalue weighted by atomic mass is 15.2. The van der Waals surface area contributed by atoms with Gasteiger partial charge in [0.2, 0.25) is 0 Å². The molecule has 3 heteroatoms. The van der Waals surface area contributed by atoms with E-state index in [4.69, 9.17) is 10.7 Å². The first-order valence-corrected chi connectivity index (χ1v) is 7.51. The third-order valence-corrected chi connectivity index (χ3v) is 3.71. The Morgan fingerprint density at radius 1 is 1.25 bits per heavy atom. The molecule has 0 spiro atoms. The molecule has 0 aliphatic heterocycles. The van der Waals surface area contributed by atoms with Crippen LogP contribution in [-0.4, -0.2) is 24.6 Å². The Morgan fingerprint density at radius 3 is 2.70 bits per heavy atom. The molecule has 1 atom stereocenters. The van der Waals surface area contributed by atoms with Crippen LogP contribution in [0.1, 0.15) is 32.3 Å². The summed E-state index contributed by atoms with van der Waals surface area (Å²) >= 11 is 0. The van der Waals surface area contributed by atoms with E-state index in [-0.39, 0.29) is 6.04 Å². The number of para-hydroxylation sites is 1. The van der Waals surface area contributed by atoms with Crippen LogP contribution in [0.25, 0.3) is 10.9 Å². The molecule has 2 aromatic rings. The molecular weight excluding hydrogens is 246 g/mol. The van der Waals surface area contributed by atoms with Crippen LogP contribution in [-0.2, 0) is 6.42 Å². The fourth-order valence-corrected chi connectivity index (χ4v) is 2.50. The van der Waals surface area contributed by atoms with E-state index in [1.807, 2.05) is 6.07 Å². The summed E-state index contributed by atoms with van der Waals surface area (Å²) in [5.41, 5.74) is 8.46. The molecule has 2 N–H and O–H groups in total. The second-order valence-corrected chi connectivity index (χ2v) is 5.46. The summed E-state index contributed by atoms with van der Waals surface area (Å²) in [5, 5.41) is 1.19. The van der Waals surface area contributed by atoms with E-state index in [2.05, 4.69) is 50.1 Å². The summed E-state index contributed by atoms with van der Waals surface area (Å²) < 4.78 is 0. The van der Waals surface area contributed by atoms with Crippen LogP contribution in [0.2, 0.25) is 0 Å². The van der Waals surface area contributed by atoms with Gasteiger partial charge in [-0.1, -0.05) is 32.0 Å². The van der Waals surface area contributed by atoms with Gasteiger partial charge in [0, 0.05) is 25.0 Å². The summed E-state index contributed by atoms with van der Waals surface area (Å²) in [6, 6.07) is 10.7. The van der Waals surface area contributed by atoms with E-state index in [0.717, 1.165) is 37.1 Å². The van der Waals surface area contributed by atoms with Crippen LogP contribution < -0.4 is 10.6 Å². The maximum atomic E-state index is 6.15. The lowest BCUT2D eigenvalue weighted by Crippen LogP contribution is -2.25. The smallest absolute Gasteiger partial charge is 0.132 e. The van der Waals surface area contributed by atoms with Gasteiger partial charge in [-0.15, -0.1) is 0 Å². The molecule has 0 saturated carbocycles. The molecule has 108 valence electrons. The Balaban J connectivity index is 2.46. The SMILES string of the molecule is CCCN(C)c1nc2ccccc2cc1CC(N)CC. The minimum Gasteiger partial charge on any atom is -0.359 e. The number of nitrogens with zero attached hydrogens (tertiary/aromatic N) is 2. The highest BCUT2D eigenvalue weighted by Crippen LogP contribution is 2.24. The van der Waals surface area contributed by atoms with Gasteiger partial charge in [0.25, 0.3) is 0 Å². The lowest BCUT2D eigenvalue weighted by Gasteiger charge is -2.22. The number of hydrogen-bond donors (Lipinski definition) is 1. The van der Waals surface area contributed by atoms with Gasteiger partial charge in [-0.05, 0) is 37.0 Å². The zero-order chi connectivity index (χ0) is 14.5. The van der Waals surface area contributed by atoms with Gasteiger partial charge in [0.15, 0.2) is 0 Å². The van der Waals surface area contributed by atoms with Gasteiger partial charge < -0.3 is 10.6 Å². The van der Waals surface area contributed by atoms with Crippen molar-refractivity contribution in [2.75, 3.05) is 18.5 Å². The van der Waals surface area contributed by atoms with Crippen molar-refractivity contribution in [2.45, 2.75) is 39.2 Å². The summed E-state index contributed by atoms with van der Waals surface area (Å²) in [7, 11) is 2.11. The number of pyridine rings is 1. The molecule has 0 fully saturated rings. The van der Waals surface area contributed by atoms with Gasteiger partial charge in [-0.2, -0.15) is 0 Å². The second-order valence-electron chi connectivity index (χ2n) is 5.46. The van der Waals surface area contributed by atoms with E-state index in [1.165, 1.54) is 10.9 Å². The van der Waals surface area contributed by atoms with Crippen molar-refractivity contribution < 1.29 is 0 Å². The summed E-state index contributed by atoms with van der Waals surface area (Å²) in [6.07, 6.45) is 2.99. The van der Waals surface area contributed by atoms with Crippen LogP contribution in [0.3, 0.4) is 0 Å². The number of hydrogen-bond acceptors (Lipinski definition) is 3. The van der Waals surface area contributed by atoms with Crippen molar-refractivity contribution in [1.29, 1.82) is 0 Å². The summed E-state index contributed by atoms with van der Waals surface area (Å²) in [5.74, 6) is 1.08. The van der Waals surface area contributed by atoms with Crippen molar-refractivity contribution in [3.05, 3.63) is 35.9 Å². The molecule has 3 nitrogen and oxygen atoms in total. The first kappa shape index (κ1) is 14.8. The second kappa shape index (κ2) is 6.71. The van der Waals surface area contributed by atoms with Crippen LogP contribution in [0.4, 0.5) is 5.82 Å². The number of aromatic nitrogens is 1. The fraction of sp³-hybridized carbons (Fsp3) is 0.471. The van der Waals surface area contributed by atoms with Crippen LogP contribution >= 0.6 is 0 Å². The molecule has 0 saturated heterocycles. The molecule has 0 amide bonds. The van der Waals surface area contributed by atoms with Gasteiger partial charge in [-0.3, -0.25) is 0 Å². The molecule has 0 aliphatic rings. The van der Waals surface area contributed by atoms with Crippen molar-refractivity contribution >= 4 is 16.7 Å². The summed E-state index contributed by atoms with van der Waals surface area (Å²) in [4.78, 5) is 7.09. The van der Waals surface area contributed by atoms with Crippen molar-refractivity contribution in [3.8, 4) is 0 Å². The Labute approximate surface area is 121 Å². The maximum absolute atomic E-state index is 6.15. The molecule has 0 bridgehead atoms. The molecule has 0 radical (unpaired) electrons. The molecule has 1 aromatic carbocycles. The Morgan fingerprint density at radius 2 is 2.00 bits per heavy atom. The topological polar surface area (TPSA) is 42.2 Å². The number of nitrogens with two attached hydrogens (primary N) is 1. The number of anilines is 1. The molecule has 2 rings (SSSR count). The highest BCUT2D eigenvalue weighted by Gasteiger charge is 2.13. The monoisotopic (exact) mass is 271 g/mol. The van der Waals surface area contributed by atoms with Crippen molar-refractivity contribution in [1.82, 2.24) is 4.98 Å². The van der Waals surface area contributed by atoms with Crippen LogP contribution in [0.15, 0.2) is 30.3 Å². The molecule has 20 heavy (non-hydrogen) atoms. The predicted molar refractivity (Wildman–Crippen MR) is 87.3 cm³/mol. The zero-order valence-corrected chi connectivity index (χ0v) is 12.8. The lowest BCUT2D eigenvalue weighted by molar-refractivity contribution is 0.644. The Kier molecular flexibility index (Phi) is 4.96. The van der Waals surface area contributed by atoms with E-state index in [1.54, 1.807) is 0 Å². The Bertz CT molecular complexity index is 565. The predicted octanol–water partition coefficient (Wildman–Crippen LogP) is 3.36. The largest absolute Gasteiger partial charge is 0.359 e. The van der Waals surface area contributed by atoms with Gasteiger partial charge in [0.05, 0.1) is 5.52 Å². The van der Waals surface area contributed by atoms with Crippen LogP contribution in [0.5, 0.6) is 0 Å². The minimum absolute atomic E-state index is 0.201. The van der Waals surface area contributed by atoms with Gasteiger partial charge in [-0.25, -0.2) is 4.98 Å². The first-order valence-electron chi connectivity index (χ1n) is 7.51. The van der Waals surface area contributed by atoms with Crippen LogP contribution in [0, 0.1) is 0 Å². The van der Waals surface area contributed by atoms with Gasteiger partial charge >= 0.3 is 0 Å². The Hall–Kier alpha value is -1.61. The fourth-order valence-electron chi connectivity index (χ4n) is 2.50. The standard InChI is InChI=1S/C17H25N3/c1-4-10-20(3)17-14(12-15(18)5-2)11-13-8-6-7-9-16(13)19-17/h6-9,11,15H,4-5,10,12,18H2,1-3H3. The summed E-state index contributed by atoms with van der Waals surface area (Å²) in [6.45, 7) is 5.34. The van der Waals surface area contributed by atoms with Crippen molar-refractivity contribution in [2.24, 2.45) is 5.73 Å². The maximum Gasteiger partial charge on any atom is 0.132 e. The average molecular weight is 271 g/mol. The van der Waals surface area contributed by atoms with Crippen molar-refractivity contribution in [3.63, 3.8) is 0 Å². The zero-order valence-electron chi connectivity index (χ0n) is 12.8. The van der Waals surface area contributed by atoms with Gasteiger partial charge in [0.1, 0.15) is 5.82 Å². The van der Waals surface area contributed by atoms with E-state index in [0.29, 0.717) is 0 Å². The highest BCUT2D eigenvalue weighted by molar-refractivity contribution is 5.81. The average Bonchev–Trinajstić information content (AvgIpc) is 2.46. The van der Waals surface area contributed by atoms with E-state index in [9.17, 15) is 0 Å². The number of benzene rings is 1. The lowest BCUT2D eigenvalue weighted by atomic mass is 10.0. The third kappa shape index (κ3) is 3.28. The first-order chi connectivity index (χ1) is 9.65. The molecular formula is C17H25N3. The normalized spacial score (nSPS) is 12.6.